The first-order valence-electron chi connectivity index (χ1n) is 9.88. The molecule has 0 aromatic heterocycles. The lowest BCUT2D eigenvalue weighted by atomic mass is 10.1. The summed E-state index contributed by atoms with van der Waals surface area (Å²) in [7, 11) is -4.16. The van der Waals surface area contributed by atoms with Gasteiger partial charge in [-0.25, -0.2) is 0 Å². The van der Waals surface area contributed by atoms with Gasteiger partial charge in [-0.05, 0) is 77.5 Å². The van der Waals surface area contributed by atoms with Crippen LogP contribution >= 0.6 is 31.9 Å². The van der Waals surface area contributed by atoms with Crippen molar-refractivity contribution in [1.29, 1.82) is 5.26 Å². The van der Waals surface area contributed by atoms with Gasteiger partial charge in [0.25, 0.3) is 5.91 Å². The Hall–Kier alpha value is -3.13. The summed E-state index contributed by atoms with van der Waals surface area (Å²) in [5.41, 5.74) is 0.424. The van der Waals surface area contributed by atoms with Crippen molar-refractivity contribution in [3.63, 3.8) is 0 Å². The SMILES string of the molecule is CCOc1ccc(NC(=O)/C(C#N)=C/c2cc(Br)cc(Br)c2OS(=O)(=O)c2ccccc2)cc1. The van der Waals surface area contributed by atoms with Crippen LogP contribution in [0.1, 0.15) is 12.5 Å². The third-order valence-corrected chi connectivity index (χ3v) is 6.63. The number of carbonyl (C=O) groups is 1. The molecule has 0 saturated heterocycles. The third kappa shape index (κ3) is 6.47. The second-order valence-corrected chi connectivity index (χ2v) is 10.1. The van der Waals surface area contributed by atoms with Crippen LogP contribution < -0.4 is 14.2 Å². The molecule has 0 saturated carbocycles. The molecule has 0 aliphatic rings. The Kier molecular flexibility index (Phi) is 8.50. The first kappa shape index (κ1) is 25.5. The summed E-state index contributed by atoms with van der Waals surface area (Å²) in [5, 5.41) is 12.2. The van der Waals surface area contributed by atoms with E-state index in [1.165, 1.54) is 18.2 Å². The molecule has 0 bridgehead atoms. The molecule has 3 aromatic rings. The van der Waals surface area contributed by atoms with E-state index >= 15 is 0 Å². The van der Waals surface area contributed by atoms with E-state index in [0.717, 1.165) is 0 Å². The lowest BCUT2D eigenvalue weighted by molar-refractivity contribution is -0.112. The molecule has 174 valence electrons. The molecule has 7 nitrogen and oxygen atoms in total. The molecule has 10 heteroatoms. The molecule has 0 radical (unpaired) electrons. The van der Waals surface area contributed by atoms with E-state index in [2.05, 4.69) is 37.2 Å². The summed E-state index contributed by atoms with van der Waals surface area (Å²) in [4.78, 5) is 12.7. The smallest absolute Gasteiger partial charge is 0.339 e. The molecular weight excluding hydrogens is 588 g/mol. The van der Waals surface area contributed by atoms with Crippen molar-refractivity contribution in [1.82, 2.24) is 0 Å². The van der Waals surface area contributed by atoms with E-state index in [1.54, 1.807) is 54.6 Å². The van der Waals surface area contributed by atoms with E-state index in [1.807, 2.05) is 13.0 Å². The summed E-state index contributed by atoms with van der Waals surface area (Å²) in [6, 6.07) is 19.3. The van der Waals surface area contributed by atoms with Gasteiger partial charge in [0.2, 0.25) is 0 Å². The molecule has 0 fully saturated rings. The van der Waals surface area contributed by atoms with Crippen LogP contribution in [0.5, 0.6) is 11.5 Å². The second-order valence-electron chi connectivity index (χ2n) is 6.74. The molecule has 0 aliphatic carbocycles. The fourth-order valence-corrected chi connectivity index (χ4v) is 5.26. The maximum atomic E-state index is 12.8. The quantitative estimate of drug-likeness (QED) is 0.194. The zero-order chi connectivity index (χ0) is 24.7. The fourth-order valence-electron chi connectivity index (χ4n) is 2.82. The zero-order valence-electron chi connectivity index (χ0n) is 17.8. The largest absolute Gasteiger partial charge is 0.494 e. The summed E-state index contributed by atoms with van der Waals surface area (Å²) in [6.07, 6.45) is 1.26. The molecule has 0 unspecified atom stereocenters. The van der Waals surface area contributed by atoms with Gasteiger partial charge in [-0.1, -0.05) is 34.1 Å². The van der Waals surface area contributed by atoms with Gasteiger partial charge in [0.15, 0.2) is 5.75 Å². The molecule has 1 amide bonds. The van der Waals surface area contributed by atoms with Crippen molar-refractivity contribution in [3.8, 4) is 17.6 Å². The number of amides is 1. The number of hydrogen-bond donors (Lipinski definition) is 1. The lowest BCUT2D eigenvalue weighted by Gasteiger charge is -2.13. The summed E-state index contributed by atoms with van der Waals surface area (Å²) in [5.74, 6) is -0.0785. The van der Waals surface area contributed by atoms with Gasteiger partial charge in [-0.2, -0.15) is 13.7 Å². The minimum Gasteiger partial charge on any atom is -0.494 e. The van der Waals surface area contributed by atoms with Crippen LogP contribution in [0.4, 0.5) is 5.69 Å². The molecule has 34 heavy (non-hydrogen) atoms. The number of hydrogen-bond acceptors (Lipinski definition) is 6. The standard InChI is InChI=1S/C24H18Br2N2O5S/c1-2-32-20-10-8-19(9-11-20)28-24(29)17(15-27)12-16-13-18(25)14-22(26)23(16)33-34(30,31)21-6-4-3-5-7-21/h3-14H,2H2,1H3,(H,28,29)/b17-12+. The average Bonchev–Trinajstić information content (AvgIpc) is 2.81. The van der Waals surface area contributed by atoms with Crippen molar-refractivity contribution in [2.24, 2.45) is 0 Å². The van der Waals surface area contributed by atoms with Gasteiger partial charge < -0.3 is 14.2 Å². The Morgan fingerprint density at radius 2 is 1.76 bits per heavy atom. The van der Waals surface area contributed by atoms with E-state index in [0.29, 0.717) is 27.0 Å². The highest BCUT2D eigenvalue weighted by Gasteiger charge is 2.21. The Labute approximate surface area is 214 Å². The number of nitrogens with one attached hydrogen (secondary N) is 1. The normalized spacial score (nSPS) is 11.4. The topological polar surface area (TPSA) is 105 Å². The van der Waals surface area contributed by atoms with Crippen LogP contribution in [0.15, 0.2) is 86.1 Å². The maximum Gasteiger partial charge on any atom is 0.339 e. The Morgan fingerprint density at radius 1 is 1.09 bits per heavy atom. The fraction of sp³-hybridized carbons (Fsp3) is 0.0833. The van der Waals surface area contributed by atoms with Crippen LogP contribution in [-0.4, -0.2) is 20.9 Å². The zero-order valence-corrected chi connectivity index (χ0v) is 21.8. The van der Waals surface area contributed by atoms with Gasteiger partial charge in [0.05, 0.1) is 11.1 Å². The minimum absolute atomic E-state index is 0.0338. The van der Waals surface area contributed by atoms with Crippen LogP contribution in [0.25, 0.3) is 6.08 Å². The monoisotopic (exact) mass is 604 g/mol. The van der Waals surface area contributed by atoms with Crippen LogP contribution in [0, 0.1) is 11.3 Å². The number of nitriles is 1. The van der Waals surface area contributed by atoms with E-state index < -0.39 is 16.0 Å². The highest BCUT2D eigenvalue weighted by atomic mass is 79.9. The molecular formula is C24H18Br2N2O5S. The van der Waals surface area contributed by atoms with Crippen LogP contribution in [0.3, 0.4) is 0 Å². The predicted molar refractivity (Wildman–Crippen MR) is 136 cm³/mol. The Morgan fingerprint density at radius 3 is 2.38 bits per heavy atom. The first-order chi connectivity index (χ1) is 16.2. The lowest BCUT2D eigenvalue weighted by Crippen LogP contribution is -2.14. The van der Waals surface area contributed by atoms with Gasteiger partial charge >= 0.3 is 10.1 Å². The van der Waals surface area contributed by atoms with Crippen LogP contribution in [0.2, 0.25) is 0 Å². The van der Waals surface area contributed by atoms with E-state index in [4.69, 9.17) is 8.92 Å². The van der Waals surface area contributed by atoms with E-state index in [-0.39, 0.29) is 21.8 Å². The Balaban J connectivity index is 1.93. The number of ether oxygens (including phenoxy) is 1. The number of nitrogens with zero attached hydrogens (tertiary/aromatic N) is 1. The van der Waals surface area contributed by atoms with Crippen molar-refractivity contribution in [2.45, 2.75) is 11.8 Å². The highest BCUT2D eigenvalue weighted by Crippen LogP contribution is 2.36. The first-order valence-corrected chi connectivity index (χ1v) is 12.9. The number of carbonyl (C=O) groups excluding carboxylic acids is 1. The molecule has 3 aromatic carbocycles. The number of benzene rings is 3. The second kappa shape index (κ2) is 11.3. The van der Waals surface area contributed by atoms with Crippen LogP contribution in [-0.2, 0) is 14.9 Å². The molecule has 0 atom stereocenters. The molecule has 0 spiro atoms. The summed E-state index contributed by atoms with van der Waals surface area (Å²) >= 11 is 6.64. The molecule has 0 heterocycles. The number of halogens is 2. The molecule has 1 N–H and O–H groups in total. The third-order valence-electron chi connectivity index (χ3n) is 4.35. The molecule has 0 aliphatic heterocycles. The van der Waals surface area contributed by atoms with Gasteiger partial charge in [-0.15, -0.1) is 0 Å². The molecule has 3 rings (SSSR count). The predicted octanol–water partition coefficient (Wildman–Crippen LogP) is 5.92. The van der Waals surface area contributed by atoms with E-state index in [9.17, 15) is 18.5 Å². The van der Waals surface area contributed by atoms with Crippen molar-refractivity contribution in [2.75, 3.05) is 11.9 Å². The van der Waals surface area contributed by atoms with Crippen molar-refractivity contribution in [3.05, 3.63) is 86.8 Å². The minimum atomic E-state index is -4.16. The summed E-state index contributed by atoms with van der Waals surface area (Å²) in [6.45, 7) is 2.38. The Bertz CT molecular complexity index is 1370. The van der Waals surface area contributed by atoms with Gasteiger partial charge in [0.1, 0.15) is 22.3 Å². The maximum absolute atomic E-state index is 12.8. The van der Waals surface area contributed by atoms with Gasteiger partial charge in [0, 0.05) is 15.7 Å². The number of rotatable bonds is 8. The highest BCUT2D eigenvalue weighted by molar-refractivity contribution is 9.11. The van der Waals surface area contributed by atoms with Gasteiger partial charge in [-0.3, -0.25) is 4.79 Å². The average molecular weight is 606 g/mol. The van der Waals surface area contributed by atoms with Crippen molar-refractivity contribution >= 4 is 59.6 Å². The van der Waals surface area contributed by atoms with Crippen molar-refractivity contribution < 1.29 is 22.1 Å². The summed E-state index contributed by atoms with van der Waals surface area (Å²) < 4.78 is 37.2. The number of anilines is 1.